The van der Waals surface area contributed by atoms with Crippen LogP contribution in [0, 0.1) is 5.82 Å². The van der Waals surface area contributed by atoms with Crippen molar-refractivity contribution < 1.29 is 23.1 Å². The Hall–Kier alpha value is -4.46. The zero-order chi connectivity index (χ0) is 26.6. The summed E-state index contributed by atoms with van der Waals surface area (Å²) in [6.07, 6.45) is 2.05. The highest BCUT2D eigenvalue weighted by molar-refractivity contribution is 5.91. The Kier molecular flexibility index (Phi) is 7.22. The number of hydrogen-bond acceptors (Lipinski definition) is 5. The SMILES string of the molecule is CC(=O)N1CCc2ccc(OCc3nc(C(=O)N(C)Cc4ccccc4)co3)cc2C1c1ccc(F)cc1. The van der Waals surface area contributed by atoms with E-state index in [0.29, 0.717) is 25.3 Å². The van der Waals surface area contributed by atoms with Gasteiger partial charge in [0.2, 0.25) is 11.8 Å². The molecular formula is C30H28FN3O4. The fraction of sp³-hybridized carbons (Fsp3) is 0.233. The van der Waals surface area contributed by atoms with Crippen LogP contribution in [-0.4, -0.2) is 40.2 Å². The van der Waals surface area contributed by atoms with Crippen molar-refractivity contribution in [3.05, 3.63) is 119 Å². The summed E-state index contributed by atoms with van der Waals surface area (Å²) in [6.45, 7) is 2.61. The van der Waals surface area contributed by atoms with E-state index < -0.39 is 0 Å². The molecule has 1 aromatic heterocycles. The third-order valence-corrected chi connectivity index (χ3v) is 6.68. The second-order valence-corrected chi connectivity index (χ2v) is 9.34. The lowest BCUT2D eigenvalue weighted by molar-refractivity contribution is -0.130. The minimum Gasteiger partial charge on any atom is -0.484 e. The van der Waals surface area contributed by atoms with E-state index in [0.717, 1.165) is 22.3 Å². The number of carbonyl (C=O) groups excluding carboxylic acids is 2. The number of fused-ring (bicyclic) bond motifs is 1. The Morgan fingerprint density at radius 3 is 2.61 bits per heavy atom. The molecule has 5 rings (SSSR count). The molecule has 0 N–H and O–H groups in total. The van der Waals surface area contributed by atoms with Crippen molar-refractivity contribution in [2.45, 2.75) is 32.5 Å². The molecule has 4 aromatic rings. The van der Waals surface area contributed by atoms with Crippen molar-refractivity contribution in [3.8, 4) is 5.75 Å². The topological polar surface area (TPSA) is 75.9 Å². The van der Waals surface area contributed by atoms with Crippen LogP contribution in [0.4, 0.5) is 4.39 Å². The Balaban J connectivity index is 1.30. The molecule has 194 valence electrons. The summed E-state index contributed by atoms with van der Waals surface area (Å²) in [6, 6.07) is 21.3. The molecule has 8 heteroatoms. The number of benzene rings is 3. The minimum absolute atomic E-state index is 0.0338. The van der Waals surface area contributed by atoms with Gasteiger partial charge in [0, 0.05) is 27.1 Å². The van der Waals surface area contributed by atoms with Crippen LogP contribution in [0.25, 0.3) is 0 Å². The minimum atomic E-state index is -0.341. The number of nitrogens with zero attached hydrogens (tertiary/aromatic N) is 3. The standard InChI is InChI=1S/C30H28FN3O4/c1-20(35)34-15-14-22-10-13-25(16-26(22)29(34)23-8-11-24(31)12-9-23)37-19-28-32-27(18-38-28)30(36)33(2)17-21-6-4-3-5-7-21/h3-13,16,18,29H,14-15,17,19H2,1-2H3. The molecule has 0 saturated carbocycles. The van der Waals surface area contributed by atoms with Gasteiger partial charge in [0.05, 0.1) is 6.04 Å². The quantitative estimate of drug-likeness (QED) is 0.341. The van der Waals surface area contributed by atoms with Gasteiger partial charge in [0.1, 0.15) is 17.8 Å². The highest BCUT2D eigenvalue weighted by Crippen LogP contribution is 2.37. The van der Waals surface area contributed by atoms with Gasteiger partial charge in [0.25, 0.3) is 5.91 Å². The number of ether oxygens (including phenoxy) is 1. The van der Waals surface area contributed by atoms with Crippen molar-refractivity contribution in [1.29, 1.82) is 0 Å². The molecule has 1 atom stereocenters. The zero-order valence-corrected chi connectivity index (χ0v) is 21.3. The summed E-state index contributed by atoms with van der Waals surface area (Å²) >= 11 is 0. The van der Waals surface area contributed by atoms with E-state index in [9.17, 15) is 14.0 Å². The normalized spacial score (nSPS) is 14.6. The number of halogens is 1. The molecule has 0 bridgehead atoms. The lowest BCUT2D eigenvalue weighted by Crippen LogP contribution is -2.39. The second kappa shape index (κ2) is 10.9. The van der Waals surface area contributed by atoms with Crippen LogP contribution in [-0.2, 0) is 24.4 Å². The maximum atomic E-state index is 13.6. The summed E-state index contributed by atoms with van der Waals surface area (Å²) < 4.78 is 25.0. The fourth-order valence-corrected chi connectivity index (χ4v) is 4.77. The molecule has 1 aliphatic heterocycles. The average molecular weight is 514 g/mol. The van der Waals surface area contributed by atoms with Crippen LogP contribution >= 0.6 is 0 Å². The molecule has 0 fully saturated rings. The predicted molar refractivity (Wildman–Crippen MR) is 139 cm³/mol. The van der Waals surface area contributed by atoms with Crippen LogP contribution in [0.1, 0.15) is 51.6 Å². The zero-order valence-electron chi connectivity index (χ0n) is 21.3. The van der Waals surface area contributed by atoms with Gasteiger partial charge >= 0.3 is 0 Å². The first-order chi connectivity index (χ1) is 18.4. The van der Waals surface area contributed by atoms with Gasteiger partial charge in [-0.2, -0.15) is 0 Å². The van der Waals surface area contributed by atoms with Gasteiger partial charge in [-0.25, -0.2) is 9.37 Å². The molecule has 0 saturated heterocycles. The highest BCUT2D eigenvalue weighted by atomic mass is 19.1. The van der Waals surface area contributed by atoms with E-state index in [1.54, 1.807) is 35.9 Å². The first-order valence-electron chi connectivity index (χ1n) is 12.4. The third kappa shape index (κ3) is 5.44. The van der Waals surface area contributed by atoms with Crippen molar-refractivity contribution in [2.24, 2.45) is 0 Å². The van der Waals surface area contributed by atoms with E-state index in [1.165, 1.54) is 18.4 Å². The summed E-state index contributed by atoms with van der Waals surface area (Å²) in [5.41, 5.74) is 4.09. The van der Waals surface area contributed by atoms with Crippen LogP contribution in [0.3, 0.4) is 0 Å². The molecule has 0 radical (unpaired) electrons. The third-order valence-electron chi connectivity index (χ3n) is 6.68. The Labute approximate surface area is 220 Å². The molecule has 0 spiro atoms. The number of amides is 2. The monoisotopic (exact) mass is 513 g/mol. The van der Waals surface area contributed by atoms with Crippen LogP contribution in [0.15, 0.2) is 83.5 Å². The van der Waals surface area contributed by atoms with E-state index in [-0.39, 0.29) is 41.9 Å². The number of oxazole rings is 1. The molecule has 38 heavy (non-hydrogen) atoms. The van der Waals surface area contributed by atoms with E-state index in [1.807, 2.05) is 48.5 Å². The fourth-order valence-electron chi connectivity index (χ4n) is 4.77. The lowest BCUT2D eigenvalue weighted by Gasteiger charge is -2.37. The molecule has 1 unspecified atom stereocenters. The summed E-state index contributed by atoms with van der Waals surface area (Å²) in [4.78, 5) is 32.9. The van der Waals surface area contributed by atoms with Gasteiger partial charge in [-0.05, 0) is 52.9 Å². The van der Waals surface area contributed by atoms with Gasteiger partial charge in [0.15, 0.2) is 12.3 Å². The Morgan fingerprint density at radius 2 is 1.87 bits per heavy atom. The first-order valence-corrected chi connectivity index (χ1v) is 12.4. The maximum absolute atomic E-state index is 13.6. The van der Waals surface area contributed by atoms with Crippen molar-refractivity contribution in [3.63, 3.8) is 0 Å². The number of carbonyl (C=O) groups is 2. The molecular weight excluding hydrogens is 485 g/mol. The highest BCUT2D eigenvalue weighted by Gasteiger charge is 2.31. The largest absolute Gasteiger partial charge is 0.484 e. The Morgan fingerprint density at radius 1 is 1.11 bits per heavy atom. The van der Waals surface area contributed by atoms with Gasteiger partial charge in [-0.15, -0.1) is 0 Å². The first kappa shape index (κ1) is 25.2. The summed E-state index contributed by atoms with van der Waals surface area (Å²) in [5.74, 6) is 0.231. The molecule has 0 aliphatic carbocycles. The second-order valence-electron chi connectivity index (χ2n) is 9.34. The van der Waals surface area contributed by atoms with E-state index in [2.05, 4.69) is 4.98 Å². The van der Waals surface area contributed by atoms with Crippen LogP contribution in [0.5, 0.6) is 5.75 Å². The lowest BCUT2D eigenvalue weighted by atomic mass is 9.88. The average Bonchev–Trinajstić information content (AvgIpc) is 3.41. The Bertz CT molecular complexity index is 1440. The molecule has 2 heterocycles. The molecule has 2 amide bonds. The number of hydrogen-bond donors (Lipinski definition) is 0. The summed E-state index contributed by atoms with van der Waals surface area (Å²) in [5, 5.41) is 0. The maximum Gasteiger partial charge on any atom is 0.275 e. The van der Waals surface area contributed by atoms with Gasteiger partial charge in [-0.3, -0.25) is 9.59 Å². The number of aromatic nitrogens is 1. The van der Waals surface area contributed by atoms with Crippen LogP contribution in [0.2, 0.25) is 0 Å². The van der Waals surface area contributed by atoms with Crippen LogP contribution < -0.4 is 4.74 Å². The predicted octanol–water partition coefficient (Wildman–Crippen LogP) is 5.16. The molecule has 3 aromatic carbocycles. The molecule has 7 nitrogen and oxygen atoms in total. The van der Waals surface area contributed by atoms with Crippen molar-refractivity contribution in [2.75, 3.05) is 13.6 Å². The van der Waals surface area contributed by atoms with E-state index in [4.69, 9.17) is 9.15 Å². The smallest absolute Gasteiger partial charge is 0.275 e. The van der Waals surface area contributed by atoms with Gasteiger partial charge < -0.3 is 19.0 Å². The molecule has 1 aliphatic rings. The van der Waals surface area contributed by atoms with Gasteiger partial charge in [-0.1, -0.05) is 48.5 Å². The van der Waals surface area contributed by atoms with Crippen molar-refractivity contribution >= 4 is 11.8 Å². The summed E-state index contributed by atoms with van der Waals surface area (Å²) in [7, 11) is 1.72. The van der Waals surface area contributed by atoms with E-state index >= 15 is 0 Å². The number of rotatable bonds is 7. The van der Waals surface area contributed by atoms with Crippen molar-refractivity contribution in [1.82, 2.24) is 14.8 Å².